The Hall–Kier alpha value is -0.580. The number of thiophene rings is 1. The van der Waals surface area contributed by atoms with E-state index in [-0.39, 0.29) is 35.8 Å². The number of nitrogens with two attached hydrogens (primary N) is 1. The molecule has 3 atom stereocenters. The van der Waals surface area contributed by atoms with Gasteiger partial charge in [-0.25, -0.2) is 0 Å². The number of nitrogens with one attached hydrogen (secondary N) is 1. The van der Waals surface area contributed by atoms with Crippen LogP contribution in [0.1, 0.15) is 50.4 Å². The second kappa shape index (κ2) is 6.73. The molecule has 1 amide bonds. The van der Waals surface area contributed by atoms with Gasteiger partial charge < -0.3 is 11.1 Å². The number of amides is 1. The lowest BCUT2D eigenvalue weighted by molar-refractivity contribution is -0.128. The van der Waals surface area contributed by atoms with Crippen LogP contribution in [0.3, 0.4) is 0 Å². The topological polar surface area (TPSA) is 55.1 Å². The van der Waals surface area contributed by atoms with Crippen LogP contribution in [0.2, 0.25) is 0 Å². The van der Waals surface area contributed by atoms with Gasteiger partial charge in [-0.15, -0.1) is 23.7 Å². The lowest BCUT2D eigenvalue weighted by Crippen LogP contribution is -2.53. The van der Waals surface area contributed by atoms with E-state index in [4.69, 9.17) is 5.73 Å². The summed E-state index contributed by atoms with van der Waals surface area (Å²) in [4.78, 5) is 13.5. The summed E-state index contributed by atoms with van der Waals surface area (Å²) in [5, 5.41) is 5.13. The first kappa shape index (κ1) is 16.5. The molecule has 1 aliphatic rings. The maximum absolute atomic E-state index is 12.3. The SMILES string of the molecule is CC(NC(=O)C1CCCCC1(C)N)c1cccs1.Cl. The van der Waals surface area contributed by atoms with Crippen LogP contribution in [0.25, 0.3) is 0 Å². The molecule has 1 aliphatic carbocycles. The first-order valence-electron chi connectivity index (χ1n) is 6.63. The highest BCUT2D eigenvalue weighted by molar-refractivity contribution is 7.10. The van der Waals surface area contributed by atoms with E-state index in [1.807, 2.05) is 25.3 Å². The third-order valence-electron chi connectivity index (χ3n) is 3.90. The number of carbonyl (C=O) groups excluding carboxylic acids is 1. The van der Waals surface area contributed by atoms with Crippen LogP contribution in [-0.4, -0.2) is 11.4 Å². The molecule has 0 aromatic carbocycles. The Balaban J connectivity index is 0.00000180. The van der Waals surface area contributed by atoms with E-state index in [0.717, 1.165) is 25.7 Å². The molecule has 3 nitrogen and oxygen atoms in total. The van der Waals surface area contributed by atoms with E-state index in [0.29, 0.717) is 0 Å². The fraction of sp³-hybridized carbons (Fsp3) is 0.643. The average Bonchev–Trinajstić information content (AvgIpc) is 2.81. The molecular weight excluding hydrogens is 280 g/mol. The molecule has 0 radical (unpaired) electrons. The van der Waals surface area contributed by atoms with Gasteiger partial charge in [0.25, 0.3) is 0 Å². The molecule has 0 bridgehead atoms. The van der Waals surface area contributed by atoms with Gasteiger partial charge in [0.2, 0.25) is 5.91 Å². The molecule has 108 valence electrons. The maximum Gasteiger partial charge on any atom is 0.225 e. The largest absolute Gasteiger partial charge is 0.348 e. The number of halogens is 1. The third kappa shape index (κ3) is 3.94. The monoisotopic (exact) mass is 302 g/mol. The Morgan fingerprint density at radius 3 is 2.89 bits per heavy atom. The van der Waals surface area contributed by atoms with Crippen molar-refractivity contribution in [1.82, 2.24) is 5.32 Å². The number of hydrogen-bond donors (Lipinski definition) is 2. The van der Waals surface area contributed by atoms with Gasteiger partial charge in [0.1, 0.15) is 0 Å². The van der Waals surface area contributed by atoms with Crippen molar-refractivity contribution in [2.45, 2.75) is 51.1 Å². The fourth-order valence-corrected chi connectivity index (χ4v) is 3.45. The Bertz CT molecular complexity index is 406. The highest BCUT2D eigenvalue weighted by Crippen LogP contribution is 2.32. The van der Waals surface area contributed by atoms with Crippen LogP contribution in [0.5, 0.6) is 0 Å². The third-order valence-corrected chi connectivity index (χ3v) is 4.95. The zero-order valence-corrected chi connectivity index (χ0v) is 13.2. The van der Waals surface area contributed by atoms with Gasteiger partial charge in [0.15, 0.2) is 0 Å². The van der Waals surface area contributed by atoms with Crippen molar-refractivity contribution in [2.24, 2.45) is 11.7 Å². The lowest BCUT2D eigenvalue weighted by atomic mass is 9.74. The Morgan fingerprint density at radius 1 is 1.58 bits per heavy atom. The number of carbonyl (C=O) groups is 1. The Labute approximate surface area is 125 Å². The summed E-state index contributed by atoms with van der Waals surface area (Å²) >= 11 is 1.67. The van der Waals surface area contributed by atoms with Crippen molar-refractivity contribution in [2.75, 3.05) is 0 Å². The van der Waals surface area contributed by atoms with Gasteiger partial charge in [-0.3, -0.25) is 4.79 Å². The van der Waals surface area contributed by atoms with Crippen molar-refractivity contribution in [3.63, 3.8) is 0 Å². The number of hydrogen-bond acceptors (Lipinski definition) is 3. The first-order chi connectivity index (χ1) is 8.50. The van der Waals surface area contributed by atoms with Gasteiger partial charge in [0, 0.05) is 10.4 Å². The highest BCUT2D eigenvalue weighted by Gasteiger charge is 2.38. The highest BCUT2D eigenvalue weighted by atomic mass is 35.5. The quantitative estimate of drug-likeness (QED) is 0.900. The van der Waals surface area contributed by atoms with Crippen LogP contribution in [0, 0.1) is 5.92 Å². The summed E-state index contributed by atoms with van der Waals surface area (Å²) < 4.78 is 0. The normalized spacial score (nSPS) is 28.3. The molecule has 3 unspecified atom stereocenters. The van der Waals surface area contributed by atoms with Crippen molar-refractivity contribution < 1.29 is 4.79 Å². The minimum atomic E-state index is -0.350. The van der Waals surface area contributed by atoms with Gasteiger partial charge in [-0.2, -0.15) is 0 Å². The van der Waals surface area contributed by atoms with E-state index in [1.54, 1.807) is 11.3 Å². The average molecular weight is 303 g/mol. The van der Waals surface area contributed by atoms with Crippen LogP contribution < -0.4 is 11.1 Å². The smallest absolute Gasteiger partial charge is 0.225 e. The van der Waals surface area contributed by atoms with Gasteiger partial charge in [0.05, 0.1) is 12.0 Å². The minimum absolute atomic E-state index is 0. The molecule has 1 aromatic rings. The van der Waals surface area contributed by atoms with Gasteiger partial charge in [-0.1, -0.05) is 18.9 Å². The number of rotatable bonds is 3. The zero-order chi connectivity index (χ0) is 13.2. The van der Waals surface area contributed by atoms with E-state index >= 15 is 0 Å². The lowest BCUT2D eigenvalue weighted by Gasteiger charge is -2.37. The molecule has 1 aromatic heterocycles. The van der Waals surface area contributed by atoms with Crippen molar-refractivity contribution in [3.8, 4) is 0 Å². The summed E-state index contributed by atoms with van der Waals surface area (Å²) in [5.74, 6) is 0.0641. The standard InChI is InChI=1S/C14H22N2OS.ClH/c1-10(12-7-5-9-18-12)16-13(17)11-6-3-4-8-14(11,2)15;/h5,7,9-11H,3-4,6,8,15H2,1-2H3,(H,16,17);1H. The minimum Gasteiger partial charge on any atom is -0.348 e. The first-order valence-corrected chi connectivity index (χ1v) is 7.51. The van der Waals surface area contributed by atoms with Gasteiger partial charge >= 0.3 is 0 Å². The second-order valence-electron chi connectivity index (χ2n) is 5.55. The molecule has 1 saturated carbocycles. The second-order valence-corrected chi connectivity index (χ2v) is 6.53. The summed E-state index contributed by atoms with van der Waals surface area (Å²) in [6.07, 6.45) is 4.10. The molecule has 0 spiro atoms. The van der Waals surface area contributed by atoms with Crippen molar-refractivity contribution in [3.05, 3.63) is 22.4 Å². The maximum atomic E-state index is 12.3. The summed E-state index contributed by atoms with van der Waals surface area (Å²) in [7, 11) is 0. The molecule has 3 N–H and O–H groups in total. The molecule has 5 heteroatoms. The van der Waals surface area contributed by atoms with Crippen LogP contribution >= 0.6 is 23.7 Å². The molecule has 1 heterocycles. The van der Waals surface area contributed by atoms with E-state index in [2.05, 4.69) is 11.4 Å². The Morgan fingerprint density at radius 2 is 2.32 bits per heavy atom. The predicted octanol–water partition coefficient (Wildman–Crippen LogP) is 3.25. The predicted molar refractivity (Wildman–Crippen MR) is 82.7 cm³/mol. The molecule has 2 rings (SSSR count). The Kier molecular flexibility index (Phi) is 5.83. The van der Waals surface area contributed by atoms with Crippen molar-refractivity contribution >= 4 is 29.7 Å². The fourth-order valence-electron chi connectivity index (χ4n) is 2.71. The van der Waals surface area contributed by atoms with E-state index in [1.165, 1.54) is 4.88 Å². The zero-order valence-electron chi connectivity index (χ0n) is 11.5. The van der Waals surface area contributed by atoms with Crippen LogP contribution in [0.4, 0.5) is 0 Å². The molecule has 19 heavy (non-hydrogen) atoms. The molecular formula is C14H23ClN2OS. The van der Waals surface area contributed by atoms with Crippen LogP contribution in [0.15, 0.2) is 17.5 Å². The summed E-state index contributed by atoms with van der Waals surface area (Å²) in [6.45, 7) is 4.03. The van der Waals surface area contributed by atoms with E-state index in [9.17, 15) is 4.79 Å². The molecule has 1 fully saturated rings. The molecule has 0 aliphatic heterocycles. The summed E-state index contributed by atoms with van der Waals surface area (Å²) in [5.41, 5.74) is 5.91. The van der Waals surface area contributed by atoms with Crippen molar-refractivity contribution in [1.29, 1.82) is 0 Å². The van der Waals surface area contributed by atoms with E-state index < -0.39 is 0 Å². The summed E-state index contributed by atoms with van der Waals surface area (Å²) in [6, 6.07) is 4.14. The van der Waals surface area contributed by atoms with Gasteiger partial charge in [-0.05, 0) is 38.1 Å². The van der Waals surface area contributed by atoms with Crippen LogP contribution in [-0.2, 0) is 4.79 Å². The molecule has 0 saturated heterocycles.